The van der Waals surface area contributed by atoms with Crippen molar-refractivity contribution in [1.82, 2.24) is 14.8 Å². The Hall–Kier alpha value is -3.14. The number of amides is 1. The van der Waals surface area contributed by atoms with Gasteiger partial charge in [-0.05, 0) is 50.6 Å². The van der Waals surface area contributed by atoms with Gasteiger partial charge in [-0.15, -0.1) is 0 Å². The van der Waals surface area contributed by atoms with Crippen LogP contribution < -0.4 is 0 Å². The number of hydrogen-bond donors (Lipinski definition) is 1. The van der Waals surface area contributed by atoms with E-state index in [-0.39, 0.29) is 36.1 Å². The van der Waals surface area contributed by atoms with Crippen molar-refractivity contribution in [2.45, 2.75) is 26.9 Å². The summed E-state index contributed by atoms with van der Waals surface area (Å²) in [5, 5.41) is 0. The molecule has 0 spiro atoms. The number of H-pyrrole nitrogens is 1. The third-order valence-electron chi connectivity index (χ3n) is 5.68. The summed E-state index contributed by atoms with van der Waals surface area (Å²) in [7, 11) is 0. The van der Waals surface area contributed by atoms with Crippen LogP contribution >= 0.6 is 0 Å². The number of halogens is 3. The van der Waals surface area contributed by atoms with E-state index in [9.17, 15) is 27.6 Å². The van der Waals surface area contributed by atoms with Gasteiger partial charge in [0.15, 0.2) is 5.78 Å². The highest BCUT2D eigenvalue weighted by atomic mass is 19.4. The van der Waals surface area contributed by atoms with E-state index in [1.54, 1.807) is 25.7 Å². The maximum Gasteiger partial charge on any atom is 0.416 e. The van der Waals surface area contributed by atoms with Gasteiger partial charge in [0.05, 0.1) is 18.7 Å². The second kappa shape index (κ2) is 9.78. The molecule has 2 aromatic rings. The molecule has 0 bridgehead atoms. The molecule has 33 heavy (non-hydrogen) atoms. The Kier molecular flexibility index (Phi) is 7.26. The summed E-state index contributed by atoms with van der Waals surface area (Å²) in [6.07, 6.45) is -4.45. The molecular weight excluding hydrogens is 439 g/mol. The predicted molar refractivity (Wildman–Crippen MR) is 114 cm³/mol. The van der Waals surface area contributed by atoms with Crippen LogP contribution in [0.3, 0.4) is 0 Å². The molecule has 1 N–H and O–H groups in total. The number of carbonyl (C=O) groups is 3. The first kappa shape index (κ1) is 24.5. The molecule has 1 fully saturated rings. The van der Waals surface area contributed by atoms with Gasteiger partial charge in [0.2, 0.25) is 0 Å². The molecule has 2 heterocycles. The zero-order valence-electron chi connectivity index (χ0n) is 18.7. The number of Topliss-reactive ketones (excluding diaryl/α,β-unsaturated/α-hetero) is 1. The van der Waals surface area contributed by atoms with Crippen molar-refractivity contribution >= 4 is 17.7 Å². The largest absolute Gasteiger partial charge is 0.461 e. The molecule has 7 nitrogen and oxygen atoms in total. The number of benzene rings is 1. The Morgan fingerprint density at radius 2 is 1.64 bits per heavy atom. The van der Waals surface area contributed by atoms with Gasteiger partial charge in [-0.2, -0.15) is 13.2 Å². The van der Waals surface area contributed by atoms with Crippen LogP contribution in [0.1, 0.15) is 54.9 Å². The molecule has 1 aromatic carbocycles. The van der Waals surface area contributed by atoms with Crippen molar-refractivity contribution in [3.8, 4) is 0 Å². The molecule has 0 radical (unpaired) electrons. The smallest absolute Gasteiger partial charge is 0.416 e. The number of hydrogen-bond acceptors (Lipinski definition) is 5. The van der Waals surface area contributed by atoms with Crippen molar-refractivity contribution in [2.75, 3.05) is 39.3 Å². The predicted octanol–water partition coefficient (Wildman–Crippen LogP) is 3.47. The van der Waals surface area contributed by atoms with Crippen LogP contribution in [0.5, 0.6) is 0 Å². The van der Waals surface area contributed by atoms with Crippen LogP contribution in [0.15, 0.2) is 24.3 Å². The number of ether oxygens (including phenoxy) is 1. The maximum absolute atomic E-state index is 12.9. The van der Waals surface area contributed by atoms with Gasteiger partial charge in [0.25, 0.3) is 5.91 Å². The first-order valence-corrected chi connectivity index (χ1v) is 10.6. The molecular formula is C23H26F3N3O4. The lowest BCUT2D eigenvalue weighted by Crippen LogP contribution is -2.50. The fraction of sp³-hybridized carbons (Fsp3) is 0.435. The fourth-order valence-corrected chi connectivity index (χ4v) is 3.95. The third-order valence-corrected chi connectivity index (χ3v) is 5.68. The van der Waals surface area contributed by atoms with Crippen LogP contribution in [0.2, 0.25) is 0 Å². The summed E-state index contributed by atoms with van der Waals surface area (Å²) in [6.45, 7) is 7.10. The van der Waals surface area contributed by atoms with Gasteiger partial charge in [0, 0.05) is 43.0 Å². The van der Waals surface area contributed by atoms with Crippen molar-refractivity contribution in [3.63, 3.8) is 0 Å². The average molecular weight is 465 g/mol. The lowest BCUT2D eigenvalue weighted by Gasteiger charge is -2.34. The Morgan fingerprint density at radius 1 is 1.03 bits per heavy atom. The van der Waals surface area contributed by atoms with Crippen molar-refractivity contribution < 1.29 is 32.3 Å². The van der Waals surface area contributed by atoms with E-state index >= 15 is 0 Å². The van der Waals surface area contributed by atoms with E-state index in [1.807, 2.05) is 4.90 Å². The number of aromatic nitrogens is 1. The van der Waals surface area contributed by atoms with Crippen molar-refractivity contribution in [2.24, 2.45) is 0 Å². The Bertz CT molecular complexity index is 1040. The number of aromatic amines is 1. The van der Waals surface area contributed by atoms with Gasteiger partial charge in [-0.3, -0.25) is 14.5 Å². The molecule has 0 unspecified atom stereocenters. The summed E-state index contributed by atoms with van der Waals surface area (Å²) >= 11 is 0. The van der Waals surface area contributed by atoms with Crippen molar-refractivity contribution in [1.29, 1.82) is 0 Å². The van der Waals surface area contributed by atoms with Crippen LogP contribution in [0.4, 0.5) is 13.2 Å². The fourth-order valence-electron chi connectivity index (χ4n) is 3.95. The van der Waals surface area contributed by atoms with Gasteiger partial charge in [0.1, 0.15) is 5.69 Å². The molecule has 3 rings (SSSR count). The molecule has 1 aliphatic heterocycles. The molecule has 1 amide bonds. The topological polar surface area (TPSA) is 82.7 Å². The standard InChI is InChI=1S/C23H26F3N3O4/c1-4-33-22(32)20-14(2)19(15(3)27-20)18(30)13-28-9-11-29(12-10-28)21(31)16-5-7-17(8-6-16)23(24,25)26/h5-8,27H,4,9-13H2,1-3H3. The van der Waals surface area contributed by atoms with Gasteiger partial charge >= 0.3 is 12.1 Å². The van der Waals surface area contributed by atoms with Crippen LogP contribution in [-0.4, -0.2) is 71.8 Å². The van der Waals surface area contributed by atoms with E-state index in [1.165, 1.54) is 12.1 Å². The zero-order chi connectivity index (χ0) is 24.3. The SMILES string of the molecule is CCOC(=O)c1[nH]c(C)c(C(=O)CN2CCN(C(=O)c3ccc(C(F)(F)F)cc3)CC2)c1C. The van der Waals surface area contributed by atoms with E-state index in [0.29, 0.717) is 43.0 Å². The molecule has 0 aliphatic carbocycles. The molecule has 10 heteroatoms. The normalized spacial score (nSPS) is 14.9. The number of ketones is 1. The number of aryl methyl sites for hydroxylation is 1. The number of alkyl halides is 3. The second-order valence-electron chi connectivity index (χ2n) is 7.91. The molecule has 1 aromatic heterocycles. The highest BCUT2D eigenvalue weighted by Gasteiger charge is 2.31. The van der Waals surface area contributed by atoms with Gasteiger partial charge in [-0.25, -0.2) is 4.79 Å². The molecule has 1 saturated heterocycles. The number of nitrogens with one attached hydrogen (secondary N) is 1. The van der Waals surface area contributed by atoms with Gasteiger partial charge < -0.3 is 14.6 Å². The molecule has 178 valence electrons. The monoisotopic (exact) mass is 465 g/mol. The summed E-state index contributed by atoms with van der Waals surface area (Å²) < 4.78 is 43.2. The number of nitrogens with zero attached hydrogens (tertiary/aromatic N) is 2. The zero-order valence-corrected chi connectivity index (χ0v) is 18.7. The van der Waals surface area contributed by atoms with E-state index in [0.717, 1.165) is 12.1 Å². The molecule has 0 atom stereocenters. The summed E-state index contributed by atoms with van der Waals surface area (Å²) in [4.78, 5) is 44.0. The minimum Gasteiger partial charge on any atom is -0.461 e. The Balaban J connectivity index is 1.59. The Morgan fingerprint density at radius 3 is 2.18 bits per heavy atom. The van der Waals surface area contributed by atoms with Crippen LogP contribution in [-0.2, 0) is 10.9 Å². The highest BCUT2D eigenvalue weighted by molar-refractivity contribution is 6.03. The van der Waals surface area contributed by atoms with Gasteiger partial charge in [-0.1, -0.05) is 0 Å². The first-order chi connectivity index (χ1) is 15.5. The Labute approximate surface area is 189 Å². The highest BCUT2D eigenvalue weighted by Crippen LogP contribution is 2.29. The lowest BCUT2D eigenvalue weighted by molar-refractivity contribution is -0.137. The lowest BCUT2D eigenvalue weighted by atomic mass is 10.0. The van der Waals surface area contributed by atoms with Crippen LogP contribution in [0, 0.1) is 13.8 Å². The second-order valence-corrected chi connectivity index (χ2v) is 7.91. The molecule has 0 saturated carbocycles. The third kappa shape index (κ3) is 5.44. The first-order valence-electron chi connectivity index (χ1n) is 10.6. The number of rotatable bonds is 6. The van der Waals surface area contributed by atoms with E-state index in [2.05, 4.69) is 4.98 Å². The minimum atomic E-state index is -4.45. The quantitative estimate of drug-likeness (QED) is 0.522. The number of esters is 1. The molecule has 1 aliphatic rings. The maximum atomic E-state index is 12.9. The summed E-state index contributed by atoms with van der Waals surface area (Å²) in [5.41, 5.74) is 1.26. The average Bonchev–Trinajstić information content (AvgIpc) is 3.07. The summed E-state index contributed by atoms with van der Waals surface area (Å²) in [6, 6.07) is 4.15. The minimum absolute atomic E-state index is 0.129. The van der Waals surface area contributed by atoms with E-state index < -0.39 is 17.7 Å². The number of carbonyl (C=O) groups excluding carboxylic acids is 3. The summed E-state index contributed by atoms with van der Waals surface area (Å²) in [5.74, 6) is -0.988. The van der Waals surface area contributed by atoms with Crippen molar-refractivity contribution in [3.05, 3.63) is 57.9 Å². The van der Waals surface area contributed by atoms with Crippen LogP contribution in [0.25, 0.3) is 0 Å². The van der Waals surface area contributed by atoms with E-state index in [4.69, 9.17) is 4.74 Å². The number of piperazine rings is 1.